The lowest BCUT2D eigenvalue weighted by Crippen LogP contribution is -2.18. The van der Waals surface area contributed by atoms with Crippen molar-refractivity contribution in [2.45, 2.75) is 19.4 Å². The van der Waals surface area contributed by atoms with Crippen molar-refractivity contribution in [3.05, 3.63) is 46.1 Å². The molecule has 1 unspecified atom stereocenters. The fraction of sp³-hybridized carbons (Fsp3) is 0.250. The monoisotopic (exact) mass is 231 g/mol. The maximum absolute atomic E-state index is 10.9. The second kappa shape index (κ2) is 4.47. The van der Waals surface area contributed by atoms with E-state index in [0.29, 0.717) is 11.9 Å². The van der Waals surface area contributed by atoms with Crippen LogP contribution in [0.25, 0.3) is 10.9 Å². The maximum atomic E-state index is 10.9. The molecule has 1 aromatic carbocycles. The highest BCUT2D eigenvalue weighted by Crippen LogP contribution is 2.26. The molecule has 17 heavy (non-hydrogen) atoms. The lowest BCUT2D eigenvalue weighted by atomic mass is 10.0. The van der Waals surface area contributed by atoms with E-state index >= 15 is 0 Å². The summed E-state index contributed by atoms with van der Waals surface area (Å²) in [5.74, 6) is 0. The number of para-hydroxylation sites is 1. The van der Waals surface area contributed by atoms with Gasteiger partial charge in [-0.3, -0.25) is 10.1 Å². The molecule has 5 heteroatoms. The number of hydrogen-bond donors (Lipinski definition) is 1. The predicted octanol–water partition coefficient (Wildman–Crippen LogP) is 2.03. The van der Waals surface area contributed by atoms with Crippen molar-refractivity contribution < 1.29 is 4.92 Å². The normalized spacial score (nSPS) is 12.6. The average Bonchev–Trinajstić information content (AvgIpc) is 2.28. The number of nitro groups is 1. The van der Waals surface area contributed by atoms with Crippen molar-refractivity contribution in [1.29, 1.82) is 0 Å². The number of aromatic nitrogens is 1. The first-order valence-corrected chi connectivity index (χ1v) is 5.36. The number of benzene rings is 1. The number of fused-ring (bicyclic) bond motifs is 1. The standard InChI is InChI=1S/C12H13N3O2/c1-8(13)7-9-5-6-14-12-10(9)3-2-4-11(12)15(16)17/h2-6,8H,7,13H2,1H3. The molecule has 88 valence electrons. The lowest BCUT2D eigenvalue weighted by molar-refractivity contribution is -0.383. The topological polar surface area (TPSA) is 82.0 Å². The van der Waals surface area contributed by atoms with E-state index in [4.69, 9.17) is 5.73 Å². The Labute approximate surface area is 98.4 Å². The van der Waals surface area contributed by atoms with E-state index in [0.717, 1.165) is 10.9 Å². The van der Waals surface area contributed by atoms with Crippen LogP contribution >= 0.6 is 0 Å². The number of nitro benzene ring substituents is 1. The van der Waals surface area contributed by atoms with Crippen molar-refractivity contribution in [3.63, 3.8) is 0 Å². The Morgan fingerprint density at radius 2 is 2.24 bits per heavy atom. The fourth-order valence-electron chi connectivity index (χ4n) is 1.89. The minimum absolute atomic E-state index is 0.0138. The van der Waals surface area contributed by atoms with Crippen LogP contribution in [-0.4, -0.2) is 15.9 Å². The fourth-order valence-corrected chi connectivity index (χ4v) is 1.89. The molecule has 0 amide bonds. The Balaban J connectivity index is 2.65. The number of non-ortho nitro benzene ring substituents is 1. The summed E-state index contributed by atoms with van der Waals surface area (Å²) in [5, 5.41) is 11.7. The van der Waals surface area contributed by atoms with E-state index in [9.17, 15) is 10.1 Å². The van der Waals surface area contributed by atoms with Crippen LogP contribution in [0.5, 0.6) is 0 Å². The van der Waals surface area contributed by atoms with Gasteiger partial charge in [-0.25, -0.2) is 4.98 Å². The molecule has 0 saturated carbocycles. The molecule has 0 aliphatic heterocycles. The highest BCUT2D eigenvalue weighted by Gasteiger charge is 2.14. The molecule has 0 aliphatic rings. The van der Waals surface area contributed by atoms with Crippen molar-refractivity contribution in [3.8, 4) is 0 Å². The van der Waals surface area contributed by atoms with Gasteiger partial charge in [-0.1, -0.05) is 12.1 Å². The van der Waals surface area contributed by atoms with Crippen molar-refractivity contribution in [2.24, 2.45) is 5.73 Å². The number of rotatable bonds is 3. The molecular weight excluding hydrogens is 218 g/mol. The molecule has 1 aromatic heterocycles. The van der Waals surface area contributed by atoms with Crippen LogP contribution in [0, 0.1) is 10.1 Å². The molecule has 0 fully saturated rings. The van der Waals surface area contributed by atoms with E-state index in [-0.39, 0.29) is 11.7 Å². The quantitative estimate of drug-likeness (QED) is 0.647. The zero-order valence-electron chi connectivity index (χ0n) is 9.46. The van der Waals surface area contributed by atoms with Gasteiger partial charge >= 0.3 is 0 Å². The Hall–Kier alpha value is -2.01. The van der Waals surface area contributed by atoms with Gasteiger partial charge in [0.25, 0.3) is 5.69 Å². The van der Waals surface area contributed by atoms with Crippen LogP contribution in [0.4, 0.5) is 5.69 Å². The average molecular weight is 231 g/mol. The molecule has 0 radical (unpaired) electrons. The minimum atomic E-state index is -0.412. The number of hydrogen-bond acceptors (Lipinski definition) is 4. The minimum Gasteiger partial charge on any atom is -0.328 e. The summed E-state index contributed by atoms with van der Waals surface area (Å²) in [6, 6.07) is 6.85. The molecule has 0 spiro atoms. The summed E-state index contributed by atoms with van der Waals surface area (Å²) >= 11 is 0. The molecule has 1 atom stereocenters. The van der Waals surface area contributed by atoms with E-state index in [2.05, 4.69) is 4.98 Å². The van der Waals surface area contributed by atoms with Crippen molar-refractivity contribution in [1.82, 2.24) is 4.98 Å². The van der Waals surface area contributed by atoms with E-state index in [1.54, 1.807) is 12.3 Å². The first kappa shape index (κ1) is 11.5. The van der Waals surface area contributed by atoms with E-state index in [1.807, 2.05) is 19.1 Å². The van der Waals surface area contributed by atoms with Gasteiger partial charge in [0, 0.05) is 23.7 Å². The molecule has 2 aromatic rings. The third-order valence-corrected chi connectivity index (χ3v) is 2.58. The number of nitrogens with zero attached hydrogens (tertiary/aromatic N) is 2. The molecule has 2 rings (SSSR count). The molecule has 2 N–H and O–H groups in total. The van der Waals surface area contributed by atoms with Crippen molar-refractivity contribution in [2.75, 3.05) is 0 Å². The number of nitrogens with two attached hydrogens (primary N) is 1. The van der Waals surface area contributed by atoms with Gasteiger partial charge in [-0.2, -0.15) is 0 Å². The van der Waals surface area contributed by atoms with Crippen LogP contribution < -0.4 is 5.73 Å². The van der Waals surface area contributed by atoms with Gasteiger partial charge in [0.2, 0.25) is 0 Å². The van der Waals surface area contributed by atoms with Gasteiger partial charge in [0.15, 0.2) is 0 Å². The van der Waals surface area contributed by atoms with Crippen LogP contribution in [0.1, 0.15) is 12.5 Å². The zero-order chi connectivity index (χ0) is 12.4. The molecule has 0 bridgehead atoms. The summed E-state index contributed by atoms with van der Waals surface area (Å²) in [6.07, 6.45) is 2.27. The summed E-state index contributed by atoms with van der Waals surface area (Å²) in [4.78, 5) is 14.6. The second-order valence-electron chi connectivity index (χ2n) is 4.08. The number of pyridine rings is 1. The Bertz CT molecular complexity index is 567. The molecular formula is C12H13N3O2. The van der Waals surface area contributed by atoms with Crippen LogP contribution in [0.2, 0.25) is 0 Å². The largest absolute Gasteiger partial charge is 0.328 e. The van der Waals surface area contributed by atoms with Gasteiger partial charge in [-0.15, -0.1) is 0 Å². The zero-order valence-corrected chi connectivity index (χ0v) is 9.46. The maximum Gasteiger partial charge on any atom is 0.295 e. The predicted molar refractivity (Wildman–Crippen MR) is 65.8 cm³/mol. The smallest absolute Gasteiger partial charge is 0.295 e. The first-order chi connectivity index (χ1) is 8.09. The lowest BCUT2D eigenvalue weighted by Gasteiger charge is -2.08. The first-order valence-electron chi connectivity index (χ1n) is 5.36. The van der Waals surface area contributed by atoms with Crippen LogP contribution in [0.3, 0.4) is 0 Å². The third kappa shape index (κ3) is 2.24. The molecule has 5 nitrogen and oxygen atoms in total. The second-order valence-corrected chi connectivity index (χ2v) is 4.08. The SMILES string of the molecule is CC(N)Cc1ccnc2c([N+](=O)[O-])cccc12. The summed E-state index contributed by atoms with van der Waals surface area (Å²) in [6.45, 7) is 1.91. The Morgan fingerprint density at radius 1 is 1.47 bits per heavy atom. The molecule has 0 saturated heterocycles. The van der Waals surface area contributed by atoms with Crippen LogP contribution in [0.15, 0.2) is 30.5 Å². The summed E-state index contributed by atoms with van der Waals surface area (Å²) in [7, 11) is 0. The van der Waals surface area contributed by atoms with Crippen molar-refractivity contribution >= 4 is 16.6 Å². The molecule has 1 heterocycles. The summed E-state index contributed by atoms with van der Waals surface area (Å²) < 4.78 is 0. The van der Waals surface area contributed by atoms with Crippen LogP contribution in [-0.2, 0) is 6.42 Å². The Morgan fingerprint density at radius 3 is 2.88 bits per heavy atom. The highest BCUT2D eigenvalue weighted by atomic mass is 16.6. The van der Waals surface area contributed by atoms with Gasteiger partial charge in [-0.05, 0) is 25.0 Å². The van der Waals surface area contributed by atoms with Gasteiger partial charge in [0.1, 0.15) is 5.52 Å². The van der Waals surface area contributed by atoms with Gasteiger partial charge in [0.05, 0.1) is 4.92 Å². The summed E-state index contributed by atoms with van der Waals surface area (Å²) in [5.41, 5.74) is 7.22. The van der Waals surface area contributed by atoms with Gasteiger partial charge < -0.3 is 5.73 Å². The third-order valence-electron chi connectivity index (χ3n) is 2.58. The van der Waals surface area contributed by atoms with E-state index in [1.165, 1.54) is 6.07 Å². The molecule has 0 aliphatic carbocycles. The highest BCUT2D eigenvalue weighted by molar-refractivity contribution is 5.89. The van der Waals surface area contributed by atoms with E-state index < -0.39 is 4.92 Å². The Kier molecular flexibility index (Phi) is 3.01.